The average Bonchev–Trinajstić information content (AvgIpc) is 3.14. The molecule has 3 aromatic rings. The van der Waals surface area contributed by atoms with Crippen molar-refractivity contribution in [1.82, 2.24) is 14.9 Å². The van der Waals surface area contributed by atoms with Gasteiger partial charge in [0.2, 0.25) is 0 Å². The molecular weight excluding hydrogens is 322 g/mol. The number of nitrogens with one attached hydrogen (secondary N) is 1. The molecule has 1 aliphatic carbocycles. The molecule has 2 aromatic carbocycles. The number of rotatable bonds is 6. The molecule has 0 fully saturated rings. The maximum Gasteiger partial charge on any atom is 0.122 e. The standard InChI is InChI=1S/C22H27N3O/c1-25(12-11-16-9-10-20-21(13-16)24-15-23-20)14-17-5-3-7-19-18(17)6-4-8-22(19)26-2/h4,6,8-10,13,15,17H,3,5,7,11-12,14H2,1-2H3,(H,23,24). The summed E-state index contributed by atoms with van der Waals surface area (Å²) in [5, 5.41) is 0. The summed E-state index contributed by atoms with van der Waals surface area (Å²) in [6.45, 7) is 2.17. The van der Waals surface area contributed by atoms with Crippen molar-refractivity contribution < 1.29 is 4.74 Å². The summed E-state index contributed by atoms with van der Waals surface area (Å²) in [6.07, 6.45) is 6.48. The predicted octanol–water partition coefficient (Wildman–Crippen LogP) is 4.17. The Hall–Kier alpha value is -2.33. The van der Waals surface area contributed by atoms with Gasteiger partial charge in [-0.1, -0.05) is 18.2 Å². The normalized spacial score (nSPS) is 16.8. The van der Waals surface area contributed by atoms with Gasteiger partial charge in [0.25, 0.3) is 0 Å². The van der Waals surface area contributed by atoms with E-state index in [0.717, 1.165) is 42.7 Å². The number of hydrogen-bond donors (Lipinski definition) is 1. The fourth-order valence-electron chi connectivity index (χ4n) is 4.22. The van der Waals surface area contributed by atoms with E-state index in [1.807, 2.05) is 0 Å². The van der Waals surface area contributed by atoms with E-state index in [-0.39, 0.29) is 0 Å². The monoisotopic (exact) mass is 349 g/mol. The van der Waals surface area contributed by atoms with Crippen LogP contribution in [0.2, 0.25) is 0 Å². The third-order valence-corrected chi connectivity index (χ3v) is 5.61. The first-order valence-corrected chi connectivity index (χ1v) is 9.51. The second kappa shape index (κ2) is 7.50. The van der Waals surface area contributed by atoms with Gasteiger partial charge in [-0.25, -0.2) is 4.98 Å². The molecule has 136 valence electrons. The fourth-order valence-corrected chi connectivity index (χ4v) is 4.22. The number of ether oxygens (including phenoxy) is 1. The van der Waals surface area contributed by atoms with Gasteiger partial charge in [-0.2, -0.15) is 0 Å². The highest BCUT2D eigenvalue weighted by atomic mass is 16.5. The molecule has 4 rings (SSSR count). The summed E-state index contributed by atoms with van der Waals surface area (Å²) in [6, 6.07) is 13.0. The number of aromatic nitrogens is 2. The molecular formula is C22H27N3O. The van der Waals surface area contributed by atoms with Crippen molar-refractivity contribution in [3.05, 3.63) is 59.4 Å². The molecule has 4 nitrogen and oxygen atoms in total. The number of benzene rings is 2. The van der Waals surface area contributed by atoms with E-state index in [2.05, 4.69) is 58.3 Å². The van der Waals surface area contributed by atoms with Crippen molar-refractivity contribution in [2.75, 3.05) is 27.2 Å². The van der Waals surface area contributed by atoms with E-state index in [0.29, 0.717) is 5.92 Å². The molecule has 0 saturated heterocycles. The zero-order chi connectivity index (χ0) is 17.9. The Kier molecular flexibility index (Phi) is 4.93. The molecule has 1 atom stereocenters. The smallest absolute Gasteiger partial charge is 0.122 e. The number of fused-ring (bicyclic) bond motifs is 2. The minimum absolute atomic E-state index is 0.605. The Bertz CT molecular complexity index is 886. The number of H-pyrrole nitrogens is 1. The first-order chi connectivity index (χ1) is 12.7. The lowest BCUT2D eigenvalue weighted by Gasteiger charge is -2.30. The fraction of sp³-hybridized carbons (Fsp3) is 0.409. The molecule has 0 radical (unpaired) electrons. The van der Waals surface area contributed by atoms with Crippen LogP contribution in [0.3, 0.4) is 0 Å². The zero-order valence-electron chi connectivity index (χ0n) is 15.7. The minimum Gasteiger partial charge on any atom is -0.496 e. The van der Waals surface area contributed by atoms with Crippen LogP contribution in [0.15, 0.2) is 42.7 Å². The molecule has 1 unspecified atom stereocenters. The van der Waals surface area contributed by atoms with Gasteiger partial charge >= 0.3 is 0 Å². The summed E-state index contributed by atoms with van der Waals surface area (Å²) in [7, 11) is 4.02. The van der Waals surface area contributed by atoms with Gasteiger partial charge in [-0.3, -0.25) is 0 Å². The van der Waals surface area contributed by atoms with Crippen LogP contribution < -0.4 is 4.74 Å². The third-order valence-electron chi connectivity index (χ3n) is 5.61. The second-order valence-corrected chi connectivity index (χ2v) is 7.38. The van der Waals surface area contributed by atoms with Crippen LogP contribution in [-0.2, 0) is 12.8 Å². The molecule has 1 aliphatic rings. The van der Waals surface area contributed by atoms with Crippen LogP contribution in [0.1, 0.15) is 35.4 Å². The Morgan fingerprint density at radius 3 is 3.08 bits per heavy atom. The quantitative estimate of drug-likeness (QED) is 0.726. The summed E-state index contributed by atoms with van der Waals surface area (Å²) in [5.74, 6) is 1.66. The van der Waals surface area contributed by atoms with Gasteiger partial charge < -0.3 is 14.6 Å². The summed E-state index contributed by atoms with van der Waals surface area (Å²) < 4.78 is 5.58. The molecule has 26 heavy (non-hydrogen) atoms. The highest BCUT2D eigenvalue weighted by Crippen LogP contribution is 2.36. The Morgan fingerprint density at radius 2 is 2.19 bits per heavy atom. The van der Waals surface area contributed by atoms with Crippen molar-refractivity contribution in [3.8, 4) is 5.75 Å². The highest BCUT2D eigenvalue weighted by molar-refractivity contribution is 5.75. The number of nitrogens with zero attached hydrogens (tertiary/aromatic N) is 2. The Balaban J connectivity index is 1.40. The van der Waals surface area contributed by atoms with E-state index in [1.54, 1.807) is 13.4 Å². The largest absolute Gasteiger partial charge is 0.496 e. The number of aromatic amines is 1. The Morgan fingerprint density at radius 1 is 1.27 bits per heavy atom. The maximum absolute atomic E-state index is 5.58. The molecule has 1 aromatic heterocycles. The summed E-state index contributed by atoms with van der Waals surface area (Å²) in [4.78, 5) is 9.96. The van der Waals surface area contributed by atoms with Crippen molar-refractivity contribution in [1.29, 1.82) is 0 Å². The van der Waals surface area contributed by atoms with Gasteiger partial charge in [0.05, 0.1) is 24.5 Å². The Labute approximate surface area is 155 Å². The number of imidazole rings is 1. The van der Waals surface area contributed by atoms with E-state index in [9.17, 15) is 0 Å². The van der Waals surface area contributed by atoms with E-state index in [4.69, 9.17) is 4.74 Å². The number of methoxy groups -OCH3 is 1. The van der Waals surface area contributed by atoms with Crippen LogP contribution in [0.5, 0.6) is 5.75 Å². The van der Waals surface area contributed by atoms with Gasteiger partial charge in [0.1, 0.15) is 5.75 Å². The number of hydrogen-bond acceptors (Lipinski definition) is 3. The van der Waals surface area contributed by atoms with Crippen LogP contribution in [0.4, 0.5) is 0 Å². The first kappa shape index (κ1) is 17.1. The highest BCUT2D eigenvalue weighted by Gasteiger charge is 2.23. The van der Waals surface area contributed by atoms with Gasteiger partial charge in [0.15, 0.2) is 0 Å². The van der Waals surface area contributed by atoms with Gasteiger partial charge in [-0.15, -0.1) is 0 Å². The lowest BCUT2D eigenvalue weighted by atomic mass is 9.82. The molecule has 1 N–H and O–H groups in total. The van der Waals surface area contributed by atoms with E-state index < -0.39 is 0 Å². The van der Waals surface area contributed by atoms with Crippen molar-refractivity contribution >= 4 is 11.0 Å². The molecule has 0 spiro atoms. The maximum atomic E-state index is 5.58. The van der Waals surface area contributed by atoms with Crippen molar-refractivity contribution in [3.63, 3.8) is 0 Å². The average molecular weight is 349 g/mol. The predicted molar refractivity (Wildman–Crippen MR) is 106 cm³/mol. The molecule has 0 aliphatic heterocycles. The third kappa shape index (κ3) is 3.47. The van der Waals surface area contributed by atoms with Crippen LogP contribution >= 0.6 is 0 Å². The molecule has 1 heterocycles. The minimum atomic E-state index is 0.605. The molecule has 0 saturated carbocycles. The number of likely N-dealkylation sites (N-methyl/N-ethyl adjacent to an activating group) is 1. The van der Waals surface area contributed by atoms with Crippen LogP contribution in [0, 0.1) is 0 Å². The molecule has 0 amide bonds. The lowest BCUT2D eigenvalue weighted by molar-refractivity contribution is 0.299. The van der Waals surface area contributed by atoms with Gasteiger partial charge in [0, 0.05) is 13.1 Å². The van der Waals surface area contributed by atoms with Crippen LogP contribution in [-0.4, -0.2) is 42.1 Å². The van der Waals surface area contributed by atoms with Crippen LogP contribution in [0.25, 0.3) is 11.0 Å². The summed E-state index contributed by atoms with van der Waals surface area (Å²) >= 11 is 0. The molecule has 0 bridgehead atoms. The first-order valence-electron chi connectivity index (χ1n) is 9.51. The topological polar surface area (TPSA) is 41.1 Å². The molecule has 4 heteroatoms. The van der Waals surface area contributed by atoms with Gasteiger partial charge in [-0.05, 0) is 73.5 Å². The SMILES string of the molecule is COc1cccc2c1CCCC2CN(C)CCc1ccc2nc[nH]c2c1. The van der Waals surface area contributed by atoms with Crippen molar-refractivity contribution in [2.24, 2.45) is 0 Å². The summed E-state index contributed by atoms with van der Waals surface area (Å²) in [5.41, 5.74) is 6.43. The van der Waals surface area contributed by atoms with Crippen molar-refractivity contribution in [2.45, 2.75) is 31.6 Å². The lowest BCUT2D eigenvalue weighted by Crippen LogP contribution is -2.28. The second-order valence-electron chi connectivity index (χ2n) is 7.38. The zero-order valence-corrected chi connectivity index (χ0v) is 15.7. The van der Waals surface area contributed by atoms with E-state index in [1.165, 1.54) is 29.5 Å². The van der Waals surface area contributed by atoms with E-state index >= 15 is 0 Å².